The van der Waals surface area contributed by atoms with Crippen molar-refractivity contribution >= 4 is 19.7 Å². The molecule has 20 heavy (non-hydrogen) atoms. The molecule has 1 aromatic carbocycles. The fraction of sp³-hybridized carbons (Fsp3) is 0.400. The van der Waals surface area contributed by atoms with E-state index in [0.29, 0.717) is 12.1 Å². The molecule has 0 radical (unpaired) electrons. The molecule has 0 saturated heterocycles. The van der Waals surface area contributed by atoms with E-state index in [1.807, 2.05) is 0 Å². The number of carbonyl (C=O) groups excluding carboxylic acids is 1. The lowest BCUT2D eigenvalue weighted by Crippen LogP contribution is -2.30. The Morgan fingerprint density at radius 2 is 2.20 bits per heavy atom. The molecule has 1 aromatic rings. The lowest BCUT2D eigenvalue weighted by atomic mass is 10.1. The first kappa shape index (κ1) is 14.5. The average Bonchev–Trinajstić information content (AvgIpc) is 2.42. The van der Waals surface area contributed by atoms with Crippen LogP contribution in [0.4, 0.5) is 5.69 Å². The van der Waals surface area contributed by atoms with Gasteiger partial charge in [0.15, 0.2) is 6.10 Å². The van der Waals surface area contributed by atoms with E-state index in [0.717, 1.165) is 11.4 Å². The summed E-state index contributed by atoms with van der Waals surface area (Å²) in [4.78, 5) is 11.5. The van der Waals surface area contributed by atoms with Gasteiger partial charge in [0, 0.05) is 0 Å². The molecule has 1 aliphatic rings. The molecule has 4 nitrogen and oxygen atoms in total. The zero-order valence-corrected chi connectivity index (χ0v) is 13.2. The van der Waals surface area contributed by atoms with Crippen molar-refractivity contribution in [1.29, 1.82) is 0 Å². The first-order valence-electron chi connectivity index (χ1n) is 6.54. The summed E-state index contributed by atoms with van der Waals surface area (Å²) in [6.45, 7) is 7.22. The van der Waals surface area contributed by atoms with Gasteiger partial charge in [-0.3, -0.25) is 0 Å². The number of ether oxygens (including phenoxy) is 2. The van der Waals surface area contributed by atoms with Gasteiger partial charge in [-0.2, -0.15) is 0 Å². The van der Waals surface area contributed by atoms with E-state index in [9.17, 15) is 4.79 Å². The largest absolute Gasteiger partial charge is 0.474 e. The number of rotatable bonds is 1. The fourth-order valence-electron chi connectivity index (χ4n) is 1.79. The molecule has 1 aliphatic heterocycles. The molecule has 1 atom stereocenters. The van der Waals surface area contributed by atoms with Gasteiger partial charge in [-0.1, -0.05) is 25.6 Å². The maximum atomic E-state index is 11.5. The number of methoxy groups -OCH3 is 1. The number of hydrogen-bond acceptors (Lipinski definition) is 4. The monoisotopic (exact) mass is 289 g/mol. The van der Waals surface area contributed by atoms with Gasteiger partial charge < -0.3 is 14.8 Å². The molecule has 0 bridgehead atoms. The van der Waals surface area contributed by atoms with Gasteiger partial charge in [-0.15, -0.1) is 5.54 Å². The summed E-state index contributed by atoms with van der Waals surface area (Å²) in [6.07, 6.45) is -0.141. The summed E-state index contributed by atoms with van der Waals surface area (Å²) in [5.41, 5.74) is 4.62. The van der Waals surface area contributed by atoms with E-state index in [1.165, 1.54) is 7.11 Å². The molecular formula is C15H19NO3Si. The first-order valence-corrected chi connectivity index (χ1v) is 10.0. The molecule has 1 heterocycles. The van der Waals surface area contributed by atoms with Crippen molar-refractivity contribution in [3.05, 3.63) is 23.8 Å². The van der Waals surface area contributed by atoms with Gasteiger partial charge in [0.2, 0.25) is 0 Å². The standard InChI is InChI=1S/C15H19NO3Si/c1-18-15(17)11-5-6-14-13(9-11)16-10-12(19-14)7-8-20(2,3)4/h5-6,9,12,16H,10H2,1-4H3. The summed E-state index contributed by atoms with van der Waals surface area (Å²) in [7, 11) is -0.0229. The Morgan fingerprint density at radius 1 is 1.45 bits per heavy atom. The van der Waals surface area contributed by atoms with Crippen LogP contribution in [-0.2, 0) is 4.74 Å². The predicted molar refractivity (Wildman–Crippen MR) is 81.8 cm³/mol. The van der Waals surface area contributed by atoms with Gasteiger partial charge in [0.1, 0.15) is 13.8 Å². The van der Waals surface area contributed by atoms with E-state index < -0.39 is 8.07 Å². The summed E-state index contributed by atoms with van der Waals surface area (Å²) < 4.78 is 10.5. The molecule has 0 spiro atoms. The average molecular weight is 289 g/mol. The minimum atomic E-state index is -1.39. The Balaban J connectivity index is 2.15. The Labute approximate surface area is 120 Å². The van der Waals surface area contributed by atoms with Crippen molar-refractivity contribution < 1.29 is 14.3 Å². The van der Waals surface area contributed by atoms with Crippen LogP contribution in [0.1, 0.15) is 10.4 Å². The first-order chi connectivity index (χ1) is 9.39. The van der Waals surface area contributed by atoms with Crippen LogP contribution >= 0.6 is 0 Å². The minimum Gasteiger partial charge on any atom is -0.474 e. The second-order valence-corrected chi connectivity index (χ2v) is 10.5. The van der Waals surface area contributed by atoms with Crippen molar-refractivity contribution in [2.45, 2.75) is 25.7 Å². The van der Waals surface area contributed by atoms with Crippen LogP contribution in [0.5, 0.6) is 5.75 Å². The highest BCUT2D eigenvalue weighted by Gasteiger charge is 2.19. The Bertz CT molecular complexity index is 581. The van der Waals surface area contributed by atoms with Crippen molar-refractivity contribution in [3.63, 3.8) is 0 Å². The summed E-state index contributed by atoms with van der Waals surface area (Å²) in [5.74, 6) is 3.56. The fourth-order valence-corrected chi connectivity index (χ4v) is 2.38. The topological polar surface area (TPSA) is 47.6 Å². The number of fused-ring (bicyclic) bond motifs is 1. The van der Waals surface area contributed by atoms with Crippen LogP contribution in [0.15, 0.2) is 18.2 Å². The molecule has 1 N–H and O–H groups in total. The second kappa shape index (κ2) is 5.59. The number of carbonyl (C=O) groups is 1. The molecular weight excluding hydrogens is 270 g/mol. The number of hydrogen-bond donors (Lipinski definition) is 1. The molecule has 0 aliphatic carbocycles. The van der Waals surface area contributed by atoms with Crippen LogP contribution in [0.25, 0.3) is 0 Å². The highest BCUT2D eigenvalue weighted by Crippen LogP contribution is 2.30. The highest BCUT2D eigenvalue weighted by molar-refractivity contribution is 6.83. The van der Waals surface area contributed by atoms with Crippen molar-refractivity contribution in [3.8, 4) is 17.2 Å². The summed E-state index contributed by atoms with van der Waals surface area (Å²) >= 11 is 0. The van der Waals surface area contributed by atoms with Gasteiger partial charge in [0.25, 0.3) is 0 Å². The molecule has 0 saturated carbocycles. The third-order valence-electron chi connectivity index (χ3n) is 2.76. The molecule has 0 amide bonds. The maximum Gasteiger partial charge on any atom is 0.337 e. The maximum absolute atomic E-state index is 11.5. The Kier molecular flexibility index (Phi) is 4.05. The summed E-state index contributed by atoms with van der Waals surface area (Å²) in [6, 6.07) is 5.21. The Hall–Kier alpha value is -1.93. The number of esters is 1. The van der Waals surface area contributed by atoms with Crippen molar-refractivity contribution in [2.75, 3.05) is 19.0 Å². The molecule has 106 valence electrons. The highest BCUT2D eigenvalue weighted by atomic mass is 28.3. The van der Waals surface area contributed by atoms with Gasteiger partial charge in [-0.25, -0.2) is 4.79 Å². The SMILES string of the molecule is COC(=O)c1ccc2c(c1)NCC(C#C[Si](C)(C)C)O2. The predicted octanol–water partition coefficient (Wildman–Crippen LogP) is 2.53. The van der Waals surface area contributed by atoms with Gasteiger partial charge >= 0.3 is 5.97 Å². The molecule has 5 heteroatoms. The van der Waals surface area contributed by atoms with Crippen LogP contribution in [0.2, 0.25) is 19.6 Å². The van der Waals surface area contributed by atoms with Crippen LogP contribution in [0, 0.1) is 11.5 Å². The van der Waals surface area contributed by atoms with Crippen molar-refractivity contribution in [1.82, 2.24) is 0 Å². The van der Waals surface area contributed by atoms with Crippen LogP contribution in [-0.4, -0.2) is 33.8 Å². The van der Waals surface area contributed by atoms with Crippen molar-refractivity contribution in [2.24, 2.45) is 0 Å². The molecule has 0 fully saturated rings. The normalized spacial score (nSPS) is 16.9. The molecule has 1 unspecified atom stereocenters. The third-order valence-corrected chi connectivity index (χ3v) is 3.65. The number of nitrogens with one attached hydrogen (secondary N) is 1. The lowest BCUT2D eigenvalue weighted by molar-refractivity contribution is 0.0600. The van der Waals surface area contributed by atoms with Gasteiger partial charge in [0.05, 0.1) is 24.9 Å². The summed E-state index contributed by atoms with van der Waals surface area (Å²) in [5, 5.41) is 3.25. The van der Waals surface area contributed by atoms with E-state index in [2.05, 4.69) is 36.4 Å². The van der Waals surface area contributed by atoms with E-state index >= 15 is 0 Å². The minimum absolute atomic E-state index is 0.141. The lowest BCUT2D eigenvalue weighted by Gasteiger charge is -2.24. The van der Waals surface area contributed by atoms with Crippen LogP contribution < -0.4 is 10.1 Å². The van der Waals surface area contributed by atoms with E-state index in [4.69, 9.17) is 9.47 Å². The zero-order chi connectivity index (χ0) is 14.8. The quantitative estimate of drug-likeness (QED) is 0.490. The third kappa shape index (κ3) is 3.55. The Morgan fingerprint density at radius 3 is 2.85 bits per heavy atom. The second-order valence-electron chi connectivity index (χ2n) is 5.71. The van der Waals surface area contributed by atoms with Gasteiger partial charge in [-0.05, 0) is 18.2 Å². The van der Waals surface area contributed by atoms with E-state index in [-0.39, 0.29) is 12.1 Å². The molecule has 2 rings (SSSR count). The van der Waals surface area contributed by atoms with Crippen LogP contribution in [0.3, 0.4) is 0 Å². The number of benzene rings is 1. The van der Waals surface area contributed by atoms with E-state index in [1.54, 1.807) is 18.2 Å². The zero-order valence-electron chi connectivity index (χ0n) is 12.2. The number of anilines is 1. The molecule has 0 aromatic heterocycles. The smallest absolute Gasteiger partial charge is 0.337 e.